The minimum absolute atomic E-state index is 0.319. The lowest BCUT2D eigenvalue weighted by atomic mass is 10.0. The zero-order valence-electron chi connectivity index (χ0n) is 13.6. The smallest absolute Gasteiger partial charge is 0.150 e. The van der Waals surface area contributed by atoms with Gasteiger partial charge in [0.2, 0.25) is 0 Å². The van der Waals surface area contributed by atoms with Crippen LogP contribution in [0, 0.1) is 5.82 Å². The molecule has 0 aliphatic carbocycles. The molecule has 0 aromatic heterocycles. The number of methoxy groups -OCH3 is 1. The Balaban J connectivity index is 0.000000212. The molecule has 128 valence electrons. The topological polar surface area (TPSA) is 52.3 Å². The lowest BCUT2D eigenvalue weighted by Crippen LogP contribution is -1.94. The molecule has 0 aliphatic rings. The van der Waals surface area contributed by atoms with Crippen molar-refractivity contribution in [3.05, 3.63) is 82.6 Å². The van der Waals surface area contributed by atoms with E-state index in [0.717, 1.165) is 21.3 Å². The molecule has 3 aromatic rings. The van der Waals surface area contributed by atoms with Crippen molar-refractivity contribution in [2.75, 3.05) is 12.8 Å². The van der Waals surface area contributed by atoms with Gasteiger partial charge in [-0.05, 0) is 48.0 Å². The first-order chi connectivity index (χ1) is 12.0. The molecule has 0 heterocycles. The van der Waals surface area contributed by atoms with Crippen LogP contribution < -0.4 is 10.5 Å². The average molecular weight is 402 g/mol. The van der Waals surface area contributed by atoms with Gasteiger partial charge >= 0.3 is 0 Å². The van der Waals surface area contributed by atoms with E-state index in [-0.39, 0.29) is 5.82 Å². The van der Waals surface area contributed by atoms with E-state index < -0.39 is 0 Å². The second-order valence-electron chi connectivity index (χ2n) is 5.10. The summed E-state index contributed by atoms with van der Waals surface area (Å²) in [6.07, 6.45) is 0.680. The summed E-state index contributed by atoms with van der Waals surface area (Å²) in [6, 6.07) is 19.2. The summed E-state index contributed by atoms with van der Waals surface area (Å²) in [4.78, 5) is 10.00. The highest BCUT2D eigenvalue weighted by Crippen LogP contribution is 2.34. The molecule has 0 fully saturated rings. The summed E-state index contributed by atoms with van der Waals surface area (Å²) in [6.45, 7) is 0. The molecule has 0 atom stereocenters. The van der Waals surface area contributed by atoms with Crippen LogP contribution in [-0.4, -0.2) is 13.4 Å². The number of hydrogen-bond donors (Lipinski definition) is 1. The average Bonchev–Trinajstić information content (AvgIpc) is 2.63. The molecule has 0 saturated carbocycles. The zero-order chi connectivity index (χ0) is 18.2. The molecule has 3 nitrogen and oxygen atoms in total. The number of benzene rings is 3. The predicted molar refractivity (Wildman–Crippen MR) is 102 cm³/mol. The van der Waals surface area contributed by atoms with Crippen LogP contribution in [0.4, 0.5) is 10.1 Å². The molecular weight excluding hydrogens is 385 g/mol. The van der Waals surface area contributed by atoms with Crippen molar-refractivity contribution in [2.45, 2.75) is 0 Å². The SMILES string of the molecule is COc1c(N)cccc1-c1ccc(Br)cc1.O=Cc1ccc(F)cc1. The minimum Gasteiger partial charge on any atom is -0.494 e. The van der Waals surface area contributed by atoms with E-state index in [4.69, 9.17) is 10.5 Å². The first-order valence-electron chi connectivity index (χ1n) is 7.44. The summed E-state index contributed by atoms with van der Waals surface area (Å²) in [7, 11) is 1.63. The molecule has 5 heteroatoms. The van der Waals surface area contributed by atoms with Crippen LogP contribution in [0.3, 0.4) is 0 Å². The number of para-hydroxylation sites is 1. The lowest BCUT2D eigenvalue weighted by Gasteiger charge is -2.10. The van der Waals surface area contributed by atoms with Crippen LogP contribution in [0.5, 0.6) is 5.75 Å². The van der Waals surface area contributed by atoms with Crippen molar-refractivity contribution < 1.29 is 13.9 Å². The van der Waals surface area contributed by atoms with Gasteiger partial charge in [-0.1, -0.05) is 40.2 Å². The van der Waals surface area contributed by atoms with Crippen molar-refractivity contribution >= 4 is 27.9 Å². The monoisotopic (exact) mass is 401 g/mol. The van der Waals surface area contributed by atoms with E-state index in [0.29, 0.717) is 17.5 Å². The molecule has 0 aliphatic heterocycles. The van der Waals surface area contributed by atoms with Crippen LogP contribution in [0.25, 0.3) is 11.1 Å². The van der Waals surface area contributed by atoms with E-state index in [1.165, 1.54) is 24.3 Å². The van der Waals surface area contributed by atoms with Crippen LogP contribution in [0.1, 0.15) is 10.4 Å². The van der Waals surface area contributed by atoms with Crippen LogP contribution in [0.15, 0.2) is 71.2 Å². The van der Waals surface area contributed by atoms with Crippen molar-refractivity contribution in [3.8, 4) is 16.9 Å². The number of hydrogen-bond acceptors (Lipinski definition) is 3. The van der Waals surface area contributed by atoms with E-state index >= 15 is 0 Å². The van der Waals surface area contributed by atoms with Crippen LogP contribution in [0.2, 0.25) is 0 Å². The molecule has 25 heavy (non-hydrogen) atoms. The number of carbonyl (C=O) groups excluding carboxylic acids is 1. The molecule has 0 amide bonds. The third-order valence-corrected chi connectivity index (χ3v) is 3.94. The summed E-state index contributed by atoms with van der Waals surface area (Å²) >= 11 is 3.41. The quantitative estimate of drug-likeness (QED) is 0.475. The summed E-state index contributed by atoms with van der Waals surface area (Å²) in [5.41, 5.74) is 9.12. The third kappa shape index (κ3) is 5.16. The third-order valence-electron chi connectivity index (χ3n) is 3.41. The Morgan fingerprint density at radius 3 is 2.20 bits per heavy atom. The highest BCUT2D eigenvalue weighted by molar-refractivity contribution is 9.10. The molecule has 0 bridgehead atoms. The fraction of sp³-hybridized carbons (Fsp3) is 0.0500. The molecule has 2 N–H and O–H groups in total. The van der Waals surface area contributed by atoms with E-state index in [1.807, 2.05) is 42.5 Å². The second kappa shape index (κ2) is 8.99. The molecule has 0 spiro atoms. The Hall–Kier alpha value is -2.66. The number of carbonyl (C=O) groups is 1. The van der Waals surface area contributed by atoms with Gasteiger partial charge in [0.1, 0.15) is 17.9 Å². The first-order valence-corrected chi connectivity index (χ1v) is 8.23. The van der Waals surface area contributed by atoms with Gasteiger partial charge in [0, 0.05) is 15.6 Å². The van der Waals surface area contributed by atoms with Gasteiger partial charge in [-0.25, -0.2) is 4.39 Å². The molecule has 0 saturated heterocycles. The number of anilines is 1. The zero-order valence-corrected chi connectivity index (χ0v) is 15.2. The van der Waals surface area contributed by atoms with Crippen molar-refractivity contribution in [1.29, 1.82) is 0 Å². The minimum atomic E-state index is -0.319. The molecule has 0 radical (unpaired) electrons. The Kier molecular flexibility index (Phi) is 6.71. The lowest BCUT2D eigenvalue weighted by molar-refractivity contribution is 0.112. The summed E-state index contributed by atoms with van der Waals surface area (Å²) < 4.78 is 18.5. The van der Waals surface area contributed by atoms with E-state index in [2.05, 4.69) is 15.9 Å². The van der Waals surface area contributed by atoms with Gasteiger partial charge < -0.3 is 10.5 Å². The number of ether oxygens (including phenoxy) is 1. The van der Waals surface area contributed by atoms with Crippen molar-refractivity contribution in [3.63, 3.8) is 0 Å². The maximum absolute atomic E-state index is 12.1. The van der Waals surface area contributed by atoms with Crippen LogP contribution in [-0.2, 0) is 0 Å². The number of nitrogen functional groups attached to an aromatic ring is 1. The Morgan fingerprint density at radius 2 is 1.64 bits per heavy atom. The molecule has 3 rings (SSSR count). The van der Waals surface area contributed by atoms with E-state index in [9.17, 15) is 9.18 Å². The molecule has 0 unspecified atom stereocenters. The van der Waals surface area contributed by atoms with Crippen LogP contribution >= 0.6 is 15.9 Å². The first kappa shape index (κ1) is 18.7. The van der Waals surface area contributed by atoms with Crippen molar-refractivity contribution in [1.82, 2.24) is 0 Å². The number of halogens is 2. The van der Waals surface area contributed by atoms with E-state index in [1.54, 1.807) is 7.11 Å². The Bertz CT molecular complexity index is 833. The second-order valence-corrected chi connectivity index (χ2v) is 6.02. The number of nitrogens with two attached hydrogens (primary N) is 1. The fourth-order valence-corrected chi connectivity index (χ4v) is 2.45. The van der Waals surface area contributed by atoms with Gasteiger partial charge in [0.05, 0.1) is 12.8 Å². The summed E-state index contributed by atoms with van der Waals surface area (Å²) in [5.74, 6) is 0.408. The number of aldehydes is 1. The normalized spacial score (nSPS) is 9.72. The maximum Gasteiger partial charge on any atom is 0.150 e. The fourth-order valence-electron chi connectivity index (χ4n) is 2.18. The Labute approximate surface area is 154 Å². The van der Waals surface area contributed by atoms with Gasteiger partial charge in [-0.2, -0.15) is 0 Å². The highest BCUT2D eigenvalue weighted by Gasteiger charge is 2.08. The molecule has 3 aromatic carbocycles. The van der Waals surface area contributed by atoms with Crippen molar-refractivity contribution in [2.24, 2.45) is 0 Å². The Morgan fingerprint density at radius 1 is 1.00 bits per heavy atom. The summed E-state index contributed by atoms with van der Waals surface area (Å²) in [5, 5.41) is 0. The predicted octanol–water partition coefficient (Wildman–Crippen LogP) is 5.35. The molecular formula is C20H17BrFNO2. The highest BCUT2D eigenvalue weighted by atomic mass is 79.9. The van der Waals surface area contributed by atoms with Gasteiger partial charge in [-0.3, -0.25) is 4.79 Å². The largest absolute Gasteiger partial charge is 0.494 e. The maximum atomic E-state index is 12.1. The number of rotatable bonds is 3. The van der Waals surface area contributed by atoms with Gasteiger partial charge in [0.25, 0.3) is 0 Å². The van der Waals surface area contributed by atoms with Gasteiger partial charge in [-0.15, -0.1) is 0 Å². The van der Waals surface area contributed by atoms with Gasteiger partial charge in [0.15, 0.2) is 0 Å². The standard InChI is InChI=1S/C13H12BrNO.C7H5FO/c1-16-13-11(3-2-4-12(13)15)9-5-7-10(14)8-6-9;8-7-3-1-6(5-9)2-4-7/h2-8H,15H2,1H3;1-5H.